The number of anilines is 6. The lowest BCUT2D eigenvalue weighted by Gasteiger charge is -2.45. The van der Waals surface area contributed by atoms with E-state index in [1.54, 1.807) is 0 Å². The van der Waals surface area contributed by atoms with Crippen LogP contribution < -0.4 is 26.2 Å². The van der Waals surface area contributed by atoms with Crippen molar-refractivity contribution in [3.05, 3.63) is 156 Å². The fourth-order valence-corrected chi connectivity index (χ4v) is 9.12. The fraction of sp³-hybridized carbons (Fsp3) is 0.296. The largest absolute Gasteiger partial charge is 0.317 e. The van der Waals surface area contributed by atoms with E-state index in [2.05, 4.69) is 231 Å². The van der Waals surface area contributed by atoms with Crippen LogP contribution in [0.2, 0.25) is 0 Å². The normalized spacial score (nSPS) is 14.1. The molecule has 0 atom stereocenters. The summed E-state index contributed by atoms with van der Waals surface area (Å²) >= 11 is 0. The number of aromatic nitrogens is 1. The number of hydrogen-bond acceptors (Lipinski definition) is 2. The Kier molecular flexibility index (Phi) is 8.54. The third kappa shape index (κ3) is 6.28. The molecule has 58 heavy (non-hydrogen) atoms. The first kappa shape index (κ1) is 38.1. The Balaban J connectivity index is 1.41. The quantitative estimate of drug-likeness (QED) is 0.166. The first-order chi connectivity index (χ1) is 27.3. The van der Waals surface area contributed by atoms with E-state index in [4.69, 9.17) is 0 Å². The van der Waals surface area contributed by atoms with Crippen LogP contribution in [0.25, 0.3) is 16.6 Å². The van der Waals surface area contributed by atoms with Crippen LogP contribution >= 0.6 is 0 Å². The summed E-state index contributed by atoms with van der Waals surface area (Å²) in [6, 6.07) is 49.0. The van der Waals surface area contributed by atoms with Crippen molar-refractivity contribution in [2.24, 2.45) is 0 Å². The molecule has 6 aromatic carbocycles. The average molecular weight is 760 g/mol. The maximum absolute atomic E-state index is 2.57. The van der Waals surface area contributed by atoms with Crippen LogP contribution in [-0.2, 0) is 21.7 Å². The summed E-state index contributed by atoms with van der Waals surface area (Å²) in [5.74, 6) is 0. The molecular formula is C54H58BN3. The van der Waals surface area contributed by atoms with E-state index in [0.29, 0.717) is 0 Å². The second-order valence-electron chi connectivity index (χ2n) is 20.9. The minimum atomic E-state index is -0.0853. The van der Waals surface area contributed by atoms with E-state index < -0.39 is 0 Å². The first-order valence-electron chi connectivity index (χ1n) is 21.1. The smallest absolute Gasteiger partial charge is 0.252 e. The Labute approximate surface area is 347 Å². The minimum Gasteiger partial charge on any atom is -0.317 e. The van der Waals surface area contributed by atoms with Crippen molar-refractivity contribution in [2.75, 3.05) is 9.80 Å². The van der Waals surface area contributed by atoms with Crippen molar-refractivity contribution in [3.63, 3.8) is 0 Å². The molecule has 3 heterocycles. The monoisotopic (exact) mass is 759 g/mol. The summed E-state index contributed by atoms with van der Waals surface area (Å²) in [6.07, 6.45) is 2.24. The Morgan fingerprint density at radius 1 is 0.379 bits per heavy atom. The highest BCUT2D eigenvalue weighted by molar-refractivity contribution is 7.00. The van der Waals surface area contributed by atoms with Crippen LogP contribution in [0.4, 0.5) is 34.1 Å². The number of nitrogens with zero attached hydrogens (tertiary/aromatic N) is 3. The van der Waals surface area contributed by atoms with Crippen LogP contribution in [0, 0.1) is 0 Å². The molecule has 0 radical (unpaired) electrons. The Morgan fingerprint density at radius 2 is 0.862 bits per heavy atom. The van der Waals surface area contributed by atoms with Gasteiger partial charge in [-0.3, -0.25) is 0 Å². The highest BCUT2D eigenvalue weighted by atomic mass is 15.2. The first-order valence-corrected chi connectivity index (χ1v) is 21.1. The molecule has 4 heteroatoms. The van der Waals surface area contributed by atoms with Gasteiger partial charge in [0.2, 0.25) is 0 Å². The van der Waals surface area contributed by atoms with E-state index in [9.17, 15) is 0 Å². The summed E-state index contributed by atoms with van der Waals surface area (Å²) in [4.78, 5) is 5.14. The summed E-state index contributed by atoms with van der Waals surface area (Å²) in [6.45, 7) is 27.9. The standard InChI is InChI=1S/C54H58BN3/c1-51(2,3)36-18-23-41(24-19-36)57-45-27-22-38(53(7,8)9)31-43(45)55-44-34-46-35(28-29-56(46)40-16-14-13-15-17-40)30-47(44)58(42-25-20-37(21-26-42)52(4,5)6)49-33-39(54(10,11)12)32-48(57)50(49)55/h13-34H,1-12H3. The van der Waals surface area contributed by atoms with Gasteiger partial charge in [0.15, 0.2) is 0 Å². The molecule has 7 aromatic rings. The highest BCUT2D eigenvalue weighted by Crippen LogP contribution is 2.47. The zero-order valence-electron chi connectivity index (χ0n) is 36.6. The molecule has 0 fully saturated rings. The average Bonchev–Trinajstić information content (AvgIpc) is 3.58. The van der Waals surface area contributed by atoms with Crippen LogP contribution in [0.5, 0.6) is 0 Å². The van der Waals surface area contributed by atoms with E-state index >= 15 is 0 Å². The molecule has 0 spiro atoms. The molecule has 0 saturated heterocycles. The van der Waals surface area contributed by atoms with E-state index in [1.807, 2.05) is 0 Å². The van der Waals surface area contributed by atoms with Crippen LogP contribution in [-0.4, -0.2) is 11.3 Å². The number of benzene rings is 6. The molecular weight excluding hydrogens is 701 g/mol. The Hall–Kier alpha value is -5.48. The molecule has 0 aliphatic carbocycles. The molecule has 0 amide bonds. The lowest BCUT2D eigenvalue weighted by atomic mass is 9.33. The van der Waals surface area contributed by atoms with E-state index in [-0.39, 0.29) is 28.4 Å². The van der Waals surface area contributed by atoms with Gasteiger partial charge in [-0.05, 0) is 133 Å². The molecule has 9 rings (SSSR count). The SMILES string of the molecule is CC(C)(C)c1ccc(N2c3ccc(C(C)(C)C)cc3B3c4cc5c(ccn5-c5ccccc5)cc4N(c4ccc(C(C)(C)C)cc4)c4cc(C(C)(C)C)cc2c43)cc1. The van der Waals surface area contributed by atoms with E-state index in [1.165, 1.54) is 89.4 Å². The van der Waals surface area contributed by atoms with Crippen LogP contribution in [0.3, 0.4) is 0 Å². The predicted octanol–water partition coefficient (Wildman–Crippen LogP) is 12.9. The third-order valence-corrected chi connectivity index (χ3v) is 12.6. The van der Waals surface area contributed by atoms with Crippen molar-refractivity contribution in [3.8, 4) is 5.69 Å². The number of hydrogen-bond donors (Lipinski definition) is 0. The molecule has 0 bridgehead atoms. The maximum Gasteiger partial charge on any atom is 0.252 e. The van der Waals surface area contributed by atoms with Crippen molar-refractivity contribution >= 4 is 68.1 Å². The van der Waals surface area contributed by atoms with Gasteiger partial charge in [-0.25, -0.2) is 0 Å². The fourth-order valence-electron chi connectivity index (χ4n) is 9.12. The summed E-state index contributed by atoms with van der Waals surface area (Å²) in [5.41, 5.74) is 19.2. The number of fused-ring (bicyclic) bond motifs is 5. The van der Waals surface area contributed by atoms with Gasteiger partial charge < -0.3 is 14.4 Å². The van der Waals surface area contributed by atoms with Gasteiger partial charge in [0.05, 0.1) is 5.52 Å². The molecule has 0 N–H and O–H groups in total. The zero-order valence-corrected chi connectivity index (χ0v) is 36.6. The predicted molar refractivity (Wildman–Crippen MR) is 252 cm³/mol. The zero-order chi connectivity index (χ0) is 41.1. The minimum absolute atomic E-state index is 0.0162. The molecule has 292 valence electrons. The van der Waals surface area contributed by atoms with Gasteiger partial charge in [-0.15, -0.1) is 0 Å². The molecule has 2 aliphatic rings. The van der Waals surface area contributed by atoms with E-state index in [0.717, 1.165) is 0 Å². The maximum atomic E-state index is 2.57. The third-order valence-electron chi connectivity index (χ3n) is 12.6. The van der Waals surface area contributed by atoms with Crippen molar-refractivity contribution < 1.29 is 0 Å². The van der Waals surface area contributed by atoms with Crippen LogP contribution in [0.15, 0.2) is 134 Å². The Morgan fingerprint density at radius 3 is 1.38 bits per heavy atom. The molecule has 2 aliphatic heterocycles. The highest BCUT2D eigenvalue weighted by Gasteiger charge is 2.45. The Bertz CT molecular complexity index is 2690. The van der Waals surface area contributed by atoms with Crippen molar-refractivity contribution in [1.29, 1.82) is 0 Å². The van der Waals surface area contributed by atoms with Gasteiger partial charge >= 0.3 is 0 Å². The summed E-state index contributed by atoms with van der Waals surface area (Å²) < 4.78 is 2.36. The molecule has 3 nitrogen and oxygen atoms in total. The van der Waals surface area contributed by atoms with Gasteiger partial charge in [0, 0.05) is 51.4 Å². The second-order valence-corrected chi connectivity index (χ2v) is 20.9. The molecule has 0 saturated carbocycles. The van der Waals surface area contributed by atoms with Crippen molar-refractivity contribution in [2.45, 2.75) is 105 Å². The molecule has 0 unspecified atom stereocenters. The molecule has 1 aromatic heterocycles. The topological polar surface area (TPSA) is 11.4 Å². The van der Waals surface area contributed by atoms with Gasteiger partial charge in [-0.2, -0.15) is 0 Å². The van der Waals surface area contributed by atoms with Gasteiger partial charge in [0.1, 0.15) is 0 Å². The lowest BCUT2D eigenvalue weighted by molar-refractivity contribution is 0.589. The summed E-state index contributed by atoms with van der Waals surface area (Å²) in [7, 11) is 0. The number of para-hydroxylation sites is 1. The number of rotatable bonds is 3. The van der Waals surface area contributed by atoms with Gasteiger partial charge in [-0.1, -0.05) is 138 Å². The van der Waals surface area contributed by atoms with Crippen molar-refractivity contribution in [1.82, 2.24) is 4.57 Å². The van der Waals surface area contributed by atoms with Crippen LogP contribution in [0.1, 0.15) is 105 Å². The van der Waals surface area contributed by atoms with Gasteiger partial charge in [0.25, 0.3) is 6.71 Å². The second kappa shape index (κ2) is 13.0. The summed E-state index contributed by atoms with van der Waals surface area (Å²) in [5, 5.41) is 1.23. The lowest BCUT2D eigenvalue weighted by Crippen LogP contribution is -2.61.